The molecule has 0 N–H and O–H groups in total. The zero-order valence-corrected chi connectivity index (χ0v) is 6.58. The van der Waals surface area contributed by atoms with Gasteiger partial charge in [0.05, 0.1) is 0 Å². The summed E-state index contributed by atoms with van der Waals surface area (Å²) in [6.45, 7) is 3.93. The van der Waals surface area contributed by atoms with E-state index in [0.717, 1.165) is 16.3 Å². The maximum absolute atomic E-state index is 4.92. The van der Waals surface area contributed by atoms with Gasteiger partial charge in [-0.05, 0) is 20.1 Å². The van der Waals surface area contributed by atoms with Crippen LogP contribution in [0.25, 0.3) is 0 Å². The van der Waals surface area contributed by atoms with Crippen molar-refractivity contribution in [2.24, 2.45) is 0 Å². The number of hydrogen-bond donors (Lipinski definition) is 0. The SMILES string of the molecule is CSc1noc(C)c1C. The summed E-state index contributed by atoms with van der Waals surface area (Å²) < 4.78 is 4.92. The molecular weight excluding hydrogens is 134 g/mol. The lowest BCUT2D eigenvalue weighted by Gasteiger charge is -1.85. The highest BCUT2D eigenvalue weighted by atomic mass is 32.2. The zero-order valence-electron chi connectivity index (χ0n) is 5.76. The van der Waals surface area contributed by atoms with Crippen LogP contribution in [0.4, 0.5) is 0 Å². The summed E-state index contributed by atoms with van der Waals surface area (Å²) in [5, 5.41) is 4.81. The molecular formula is C6H9NOS. The molecule has 0 aliphatic carbocycles. The fraction of sp³-hybridized carbons (Fsp3) is 0.500. The molecule has 1 aromatic heterocycles. The minimum absolute atomic E-state index is 0.916. The fourth-order valence-electron chi connectivity index (χ4n) is 0.588. The predicted molar refractivity (Wildman–Crippen MR) is 37.8 cm³/mol. The molecule has 0 saturated carbocycles. The van der Waals surface area contributed by atoms with Crippen LogP contribution in [0.1, 0.15) is 11.3 Å². The molecule has 9 heavy (non-hydrogen) atoms. The summed E-state index contributed by atoms with van der Waals surface area (Å²) >= 11 is 1.61. The van der Waals surface area contributed by atoms with Crippen LogP contribution in [0.15, 0.2) is 9.55 Å². The minimum atomic E-state index is 0.916. The van der Waals surface area contributed by atoms with Crippen molar-refractivity contribution in [3.8, 4) is 0 Å². The van der Waals surface area contributed by atoms with Gasteiger partial charge in [0.15, 0.2) is 0 Å². The second kappa shape index (κ2) is 2.43. The Labute approximate surface area is 58.6 Å². The Morgan fingerprint density at radius 3 is 2.33 bits per heavy atom. The van der Waals surface area contributed by atoms with Crippen LogP contribution < -0.4 is 0 Å². The molecule has 50 valence electrons. The highest BCUT2D eigenvalue weighted by molar-refractivity contribution is 7.98. The Balaban J connectivity index is 3.04. The van der Waals surface area contributed by atoms with Crippen LogP contribution in [-0.2, 0) is 0 Å². The van der Waals surface area contributed by atoms with Crippen molar-refractivity contribution in [2.75, 3.05) is 6.26 Å². The van der Waals surface area contributed by atoms with Crippen LogP contribution in [0, 0.1) is 13.8 Å². The first-order valence-corrected chi connectivity index (χ1v) is 3.95. The molecule has 0 spiro atoms. The average Bonchev–Trinajstić information content (AvgIpc) is 2.15. The van der Waals surface area contributed by atoms with Gasteiger partial charge in [0, 0.05) is 5.56 Å². The molecule has 1 aromatic rings. The molecule has 3 heteroatoms. The number of thioether (sulfide) groups is 1. The van der Waals surface area contributed by atoms with E-state index >= 15 is 0 Å². The van der Waals surface area contributed by atoms with Crippen LogP contribution in [0.2, 0.25) is 0 Å². The largest absolute Gasteiger partial charge is 0.360 e. The second-order valence-corrected chi connectivity index (χ2v) is 2.67. The molecule has 0 amide bonds. The Hall–Kier alpha value is -0.440. The third kappa shape index (κ3) is 1.10. The molecule has 0 atom stereocenters. The van der Waals surface area contributed by atoms with Gasteiger partial charge in [-0.15, -0.1) is 11.8 Å². The highest BCUT2D eigenvalue weighted by Gasteiger charge is 2.04. The molecule has 1 rings (SSSR count). The summed E-state index contributed by atoms with van der Waals surface area (Å²) in [6, 6.07) is 0. The van der Waals surface area contributed by atoms with Crippen molar-refractivity contribution in [2.45, 2.75) is 18.9 Å². The Morgan fingerprint density at radius 2 is 2.11 bits per heavy atom. The van der Waals surface area contributed by atoms with E-state index in [1.807, 2.05) is 20.1 Å². The van der Waals surface area contributed by atoms with E-state index in [0.29, 0.717) is 0 Å². The van der Waals surface area contributed by atoms with Gasteiger partial charge >= 0.3 is 0 Å². The smallest absolute Gasteiger partial charge is 0.142 e. The van der Waals surface area contributed by atoms with Gasteiger partial charge in [-0.2, -0.15) is 0 Å². The summed E-state index contributed by atoms with van der Waals surface area (Å²) in [5.41, 5.74) is 1.16. The first-order valence-electron chi connectivity index (χ1n) is 2.72. The van der Waals surface area contributed by atoms with Gasteiger partial charge in [-0.3, -0.25) is 0 Å². The van der Waals surface area contributed by atoms with Crippen molar-refractivity contribution >= 4 is 11.8 Å². The van der Waals surface area contributed by atoms with Crippen molar-refractivity contribution in [1.82, 2.24) is 5.16 Å². The summed E-state index contributed by atoms with van der Waals surface area (Å²) in [5.74, 6) is 0.916. The monoisotopic (exact) mass is 143 g/mol. The lowest BCUT2D eigenvalue weighted by molar-refractivity contribution is 0.383. The molecule has 0 radical (unpaired) electrons. The van der Waals surface area contributed by atoms with Crippen LogP contribution in [-0.4, -0.2) is 11.4 Å². The Morgan fingerprint density at radius 1 is 1.44 bits per heavy atom. The van der Waals surface area contributed by atoms with Crippen LogP contribution in [0.3, 0.4) is 0 Å². The lowest BCUT2D eigenvalue weighted by Crippen LogP contribution is -1.72. The first-order chi connectivity index (χ1) is 4.25. The topological polar surface area (TPSA) is 26.0 Å². The maximum Gasteiger partial charge on any atom is 0.142 e. The normalized spacial score (nSPS) is 10.1. The average molecular weight is 143 g/mol. The van der Waals surface area contributed by atoms with Gasteiger partial charge in [0.2, 0.25) is 0 Å². The number of aromatic nitrogens is 1. The summed E-state index contributed by atoms with van der Waals surface area (Å²) in [7, 11) is 0. The highest BCUT2D eigenvalue weighted by Crippen LogP contribution is 2.19. The first kappa shape index (κ1) is 6.68. The Bertz CT molecular complexity index is 207. The van der Waals surface area contributed by atoms with Crippen molar-refractivity contribution < 1.29 is 4.52 Å². The molecule has 0 saturated heterocycles. The standard InChI is InChI=1S/C6H9NOS/c1-4-5(2)8-7-6(4)9-3/h1-3H3. The summed E-state index contributed by atoms with van der Waals surface area (Å²) in [6.07, 6.45) is 1.99. The molecule has 1 heterocycles. The summed E-state index contributed by atoms with van der Waals surface area (Å²) in [4.78, 5) is 0. The second-order valence-electron chi connectivity index (χ2n) is 1.87. The molecule has 0 aliphatic heterocycles. The van der Waals surface area contributed by atoms with E-state index in [-0.39, 0.29) is 0 Å². The van der Waals surface area contributed by atoms with Gasteiger partial charge in [0.25, 0.3) is 0 Å². The Kier molecular flexibility index (Phi) is 1.81. The number of rotatable bonds is 1. The third-order valence-corrected chi connectivity index (χ3v) is 2.08. The van der Waals surface area contributed by atoms with Crippen molar-refractivity contribution in [1.29, 1.82) is 0 Å². The fourth-order valence-corrected chi connectivity index (χ4v) is 1.15. The molecule has 0 aromatic carbocycles. The quantitative estimate of drug-likeness (QED) is 0.562. The number of nitrogens with zero attached hydrogens (tertiary/aromatic N) is 1. The van der Waals surface area contributed by atoms with Crippen LogP contribution in [0.5, 0.6) is 0 Å². The zero-order chi connectivity index (χ0) is 6.85. The van der Waals surface area contributed by atoms with E-state index in [2.05, 4.69) is 5.16 Å². The van der Waals surface area contributed by atoms with E-state index in [1.165, 1.54) is 0 Å². The van der Waals surface area contributed by atoms with E-state index in [9.17, 15) is 0 Å². The van der Waals surface area contributed by atoms with Crippen molar-refractivity contribution in [3.05, 3.63) is 11.3 Å². The number of aryl methyl sites for hydroxylation is 1. The number of hydrogen-bond acceptors (Lipinski definition) is 3. The maximum atomic E-state index is 4.92. The van der Waals surface area contributed by atoms with E-state index < -0.39 is 0 Å². The predicted octanol–water partition coefficient (Wildman–Crippen LogP) is 2.01. The van der Waals surface area contributed by atoms with E-state index in [1.54, 1.807) is 11.8 Å². The molecule has 0 fully saturated rings. The van der Waals surface area contributed by atoms with Crippen molar-refractivity contribution in [3.63, 3.8) is 0 Å². The minimum Gasteiger partial charge on any atom is -0.360 e. The van der Waals surface area contributed by atoms with Gasteiger partial charge in [0.1, 0.15) is 10.8 Å². The van der Waals surface area contributed by atoms with E-state index in [4.69, 9.17) is 4.52 Å². The lowest BCUT2D eigenvalue weighted by atomic mass is 10.3. The van der Waals surface area contributed by atoms with Gasteiger partial charge in [-0.1, -0.05) is 5.16 Å². The molecule has 0 unspecified atom stereocenters. The molecule has 0 aliphatic rings. The van der Waals surface area contributed by atoms with Gasteiger partial charge < -0.3 is 4.52 Å². The molecule has 2 nitrogen and oxygen atoms in total. The van der Waals surface area contributed by atoms with Crippen LogP contribution >= 0.6 is 11.8 Å². The van der Waals surface area contributed by atoms with Gasteiger partial charge in [-0.25, -0.2) is 0 Å². The third-order valence-electron chi connectivity index (χ3n) is 1.31. The molecule has 0 bridgehead atoms.